The van der Waals surface area contributed by atoms with Gasteiger partial charge in [0.25, 0.3) is 11.5 Å². The van der Waals surface area contributed by atoms with E-state index >= 15 is 0 Å². The molecule has 0 bridgehead atoms. The van der Waals surface area contributed by atoms with Gasteiger partial charge >= 0.3 is 5.69 Å². The van der Waals surface area contributed by atoms with Gasteiger partial charge in [-0.2, -0.15) is 0 Å². The second-order valence-corrected chi connectivity index (χ2v) is 6.84. The maximum absolute atomic E-state index is 13.7. The molecule has 27 heavy (non-hydrogen) atoms. The van der Waals surface area contributed by atoms with E-state index in [4.69, 9.17) is 5.73 Å². The lowest BCUT2D eigenvalue weighted by atomic mass is 9.99. The zero-order valence-electron chi connectivity index (χ0n) is 14.2. The van der Waals surface area contributed by atoms with Crippen LogP contribution in [-0.2, 0) is 11.3 Å². The van der Waals surface area contributed by atoms with E-state index in [0.29, 0.717) is 11.0 Å². The predicted molar refractivity (Wildman–Crippen MR) is 93.1 cm³/mol. The van der Waals surface area contributed by atoms with Gasteiger partial charge < -0.3 is 20.6 Å². The van der Waals surface area contributed by atoms with Gasteiger partial charge in [0.1, 0.15) is 23.4 Å². The van der Waals surface area contributed by atoms with Crippen LogP contribution in [-0.4, -0.2) is 55.0 Å². The molecule has 0 radical (unpaired) electrons. The highest BCUT2D eigenvalue weighted by Crippen LogP contribution is 2.25. The Morgan fingerprint density at radius 1 is 1.33 bits per heavy atom. The molecule has 0 saturated carbocycles. The molecule has 10 nitrogen and oxygen atoms in total. The molecule has 0 aliphatic carbocycles. The number of aromatic amines is 2. The Balaban J connectivity index is 1.90. The summed E-state index contributed by atoms with van der Waals surface area (Å²) in [7, 11) is 0. The Bertz CT molecular complexity index is 1230. The molecule has 4 rings (SSSR count). The van der Waals surface area contributed by atoms with E-state index in [2.05, 4.69) is 15.0 Å². The zero-order chi connectivity index (χ0) is 19.5. The van der Waals surface area contributed by atoms with Crippen molar-refractivity contribution in [1.29, 1.82) is 0 Å². The van der Waals surface area contributed by atoms with Gasteiger partial charge in [-0.3, -0.25) is 19.0 Å². The van der Waals surface area contributed by atoms with Crippen LogP contribution in [0.25, 0.3) is 22.1 Å². The monoisotopic (exact) mass is 374 g/mol. The van der Waals surface area contributed by atoms with Gasteiger partial charge in [0.15, 0.2) is 0 Å². The number of primary amides is 1. The minimum absolute atomic E-state index is 0.0726. The number of fused-ring (bicyclic) bond motifs is 3. The van der Waals surface area contributed by atoms with E-state index in [0.717, 1.165) is 4.57 Å². The van der Waals surface area contributed by atoms with E-state index in [1.165, 1.54) is 24.1 Å². The van der Waals surface area contributed by atoms with Crippen LogP contribution >= 0.6 is 0 Å². The lowest BCUT2D eigenvalue weighted by Gasteiger charge is -2.42. The fourth-order valence-corrected chi connectivity index (χ4v) is 3.30. The van der Waals surface area contributed by atoms with Crippen LogP contribution in [0.5, 0.6) is 0 Å². The van der Waals surface area contributed by atoms with Gasteiger partial charge in [-0.1, -0.05) is 0 Å². The highest BCUT2D eigenvalue weighted by Gasteiger charge is 2.41. The first kappa shape index (κ1) is 16.9. The Kier molecular flexibility index (Phi) is 3.45. The lowest BCUT2D eigenvalue weighted by molar-refractivity contribution is -0.144. The molecule has 0 spiro atoms. The fraction of sp³-hybridized carbons (Fsp3) is 0.312. The van der Waals surface area contributed by atoms with Crippen LogP contribution in [0.1, 0.15) is 17.3 Å². The van der Waals surface area contributed by atoms with Crippen molar-refractivity contribution in [2.45, 2.75) is 19.1 Å². The third-order valence-corrected chi connectivity index (χ3v) is 4.55. The number of H-pyrrole nitrogens is 2. The number of imidazole rings is 1. The van der Waals surface area contributed by atoms with Crippen molar-refractivity contribution < 1.29 is 14.0 Å². The molecule has 4 heterocycles. The summed E-state index contributed by atoms with van der Waals surface area (Å²) in [6, 6.07) is 1.24. The molecule has 1 fully saturated rings. The standard InChI is InChI=1S/C16H15FN6O4/c1-16(17)5-22(6-16)10(24)4-23-13-7(2-8(12(18)25)14(23)26)11-9(3-19-13)20-15(27)21-11/h2-3H,4-6H2,1H3,(H2,18,25)(H2,20,21,27). The minimum atomic E-state index is -1.45. The number of nitrogens with zero attached hydrogens (tertiary/aromatic N) is 3. The second kappa shape index (κ2) is 5.50. The molecule has 11 heteroatoms. The maximum Gasteiger partial charge on any atom is 0.323 e. The van der Waals surface area contributed by atoms with E-state index in [-0.39, 0.29) is 29.7 Å². The van der Waals surface area contributed by atoms with E-state index in [1.807, 2.05) is 0 Å². The first-order chi connectivity index (χ1) is 12.7. The summed E-state index contributed by atoms with van der Waals surface area (Å²) >= 11 is 0. The number of aromatic nitrogens is 4. The van der Waals surface area contributed by atoms with Crippen molar-refractivity contribution in [3.05, 3.63) is 38.7 Å². The molecule has 0 unspecified atom stereocenters. The number of carbonyl (C=O) groups excluding carboxylic acids is 2. The molecule has 0 aromatic carbocycles. The Morgan fingerprint density at radius 3 is 2.67 bits per heavy atom. The van der Waals surface area contributed by atoms with Gasteiger partial charge in [0.2, 0.25) is 5.91 Å². The molecule has 0 atom stereocenters. The molecule has 4 N–H and O–H groups in total. The second-order valence-electron chi connectivity index (χ2n) is 6.84. The number of alkyl halides is 1. The molecule has 1 aliphatic rings. The van der Waals surface area contributed by atoms with Crippen LogP contribution in [0.2, 0.25) is 0 Å². The summed E-state index contributed by atoms with van der Waals surface area (Å²) in [6.07, 6.45) is 1.34. The largest absolute Gasteiger partial charge is 0.365 e. The molecular formula is C16H15FN6O4. The van der Waals surface area contributed by atoms with Crippen LogP contribution in [0.4, 0.5) is 4.39 Å². The minimum Gasteiger partial charge on any atom is -0.365 e. The first-order valence-electron chi connectivity index (χ1n) is 8.07. The van der Waals surface area contributed by atoms with Crippen molar-refractivity contribution in [3.8, 4) is 0 Å². The third-order valence-electron chi connectivity index (χ3n) is 4.55. The van der Waals surface area contributed by atoms with Crippen LogP contribution in [0, 0.1) is 0 Å². The number of carbonyl (C=O) groups is 2. The smallest absolute Gasteiger partial charge is 0.323 e. The van der Waals surface area contributed by atoms with Crippen molar-refractivity contribution in [2.24, 2.45) is 5.73 Å². The van der Waals surface area contributed by atoms with Crippen molar-refractivity contribution >= 4 is 33.9 Å². The first-order valence-corrected chi connectivity index (χ1v) is 8.07. The molecular weight excluding hydrogens is 359 g/mol. The van der Waals surface area contributed by atoms with Gasteiger partial charge in [-0.05, 0) is 13.0 Å². The summed E-state index contributed by atoms with van der Waals surface area (Å²) in [5.74, 6) is -1.46. The van der Waals surface area contributed by atoms with E-state index in [1.54, 1.807) is 0 Å². The van der Waals surface area contributed by atoms with Crippen LogP contribution in [0.15, 0.2) is 21.9 Å². The number of rotatable bonds is 3. The highest BCUT2D eigenvalue weighted by atomic mass is 19.1. The Labute approximate surface area is 149 Å². The number of nitrogens with one attached hydrogen (secondary N) is 2. The van der Waals surface area contributed by atoms with Crippen molar-refractivity contribution in [3.63, 3.8) is 0 Å². The van der Waals surface area contributed by atoms with Gasteiger partial charge in [-0.25, -0.2) is 14.2 Å². The molecule has 1 aliphatic heterocycles. The number of hydrogen-bond acceptors (Lipinski definition) is 5. The zero-order valence-corrected chi connectivity index (χ0v) is 14.2. The number of pyridine rings is 2. The molecule has 1 saturated heterocycles. The predicted octanol–water partition coefficient (Wildman–Crippen LogP) is -0.765. The van der Waals surface area contributed by atoms with Crippen molar-refractivity contribution in [2.75, 3.05) is 13.1 Å². The topological polar surface area (TPSA) is 147 Å². The Morgan fingerprint density at radius 2 is 2.04 bits per heavy atom. The Hall–Kier alpha value is -3.50. The fourth-order valence-electron chi connectivity index (χ4n) is 3.30. The van der Waals surface area contributed by atoms with Crippen LogP contribution < -0.4 is 17.0 Å². The van der Waals surface area contributed by atoms with Crippen LogP contribution in [0.3, 0.4) is 0 Å². The quantitative estimate of drug-likeness (QED) is 0.551. The average molecular weight is 374 g/mol. The number of hydrogen-bond donors (Lipinski definition) is 3. The summed E-state index contributed by atoms with van der Waals surface area (Å²) < 4.78 is 14.7. The lowest BCUT2D eigenvalue weighted by Crippen LogP contribution is -2.60. The molecule has 140 valence electrons. The van der Waals surface area contributed by atoms with E-state index < -0.39 is 35.3 Å². The molecule has 2 amide bonds. The molecule has 3 aromatic heterocycles. The number of nitrogens with two attached hydrogens (primary N) is 1. The summed E-state index contributed by atoms with van der Waals surface area (Å²) in [5.41, 5.74) is 3.03. The van der Waals surface area contributed by atoms with Gasteiger partial charge in [-0.15, -0.1) is 0 Å². The summed E-state index contributed by atoms with van der Waals surface area (Å²) in [6.45, 7) is 0.806. The summed E-state index contributed by atoms with van der Waals surface area (Å²) in [4.78, 5) is 58.9. The number of likely N-dealkylation sites (tertiary alicyclic amines) is 1. The summed E-state index contributed by atoms with van der Waals surface area (Å²) in [5, 5.41) is 0.283. The maximum atomic E-state index is 13.7. The van der Waals surface area contributed by atoms with E-state index in [9.17, 15) is 23.6 Å². The molecule has 3 aromatic rings. The average Bonchev–Trinajstić information content (AvgIpc) is 2.94. The normalized spacial score (nSPS) is 15.9. The third kappa shape index (κ3) is 2.67. The number of halogens is 1. The number of amides is 2. The highest BCUT2D eigenvalue weighted by molar-refractivity contribution is 6.04. The SMILES string of the molecule is CC1(F)CN(C(=O)Cn2c(=O)c(C(N)=O)cc3c4[nH]c(=O)[nH]c4cnc32)C1. The van der Waals surface area contributed by atoms with Gasteiger partial charge in [0, 0.05) is 5.39 Å². The van der Waals surface area contributed by atoms with Gasteiger partial charge in [0.05, 0.1) is 30.3 Å². The van der Waals surface area contributed by atoms with Crippen molar-refractivity contribution in [1.82, 2.24) is 24.4 Å².